The molecule has 27 heteroatoms. The Morgan fingerprint density at radius 2 is 1.22 bits per heavy atom. The van der Waals surface area contributed by atoms with Crippen LogP contribution in [0.3, 0.4) is 0 Å². The first kappa shape index (κ1) is 78.6. The lowest BCUT2D eigenvalue weighted by Crippen LogP contribution is -2.60. The number of piperidine rings is 1. The molecule has 3 heterocycles. The molecule has 2 aliphatic carbocycles. The maximum Gasteiger partial charge on any atom is 0.416 e. The molecule has 3 aliphatic heterocycles. The van der Waals surface area contributed by atoms with Crippen LogP contribution in [0, 0.1) is 30.6 Å². The molecule has 7 atom stereocenters. The molecule has 0 unspecified atom stereocenters. The number of benzene rings is 1. The molecule has 5 fully saturated rings. The summed E-state index contributed by atoms with van der Waals surface area (Å²) in [5.74, 6) is -7.80. The van der Waals surface area contributed by atoms with Crippen LogP contribution in [-0.2, 0) is 70.1 Å². The summed E-state index contributed by atoms with van der Waals surface area (Å²) in [6, 6.07) is -4.38. The van der Waals surface area contributed by atoms with Gasteiger partial charge in [0.15, 0.2) is 0 Å². The number of hydrogen-bond acceptors (Lipinski definition) is 12. The van der Waals surface area contributed by atoms with E-state index in [2.05, 4.69) is 16.0 Å². The van der Waals surface area contributed by atoms with Gasteiger partial charge in [0, 0.05) is 81.9 Å². The predicted octanol–water partition coefficient (Wildman–Crippen LogP) is 4.77. The second-order valence-electron chi connectivity index (χ2n) is 28.7. The Morgan fingerprint density at radius 1 is 0.588 bits per heavy atom. The molecule has 97 heavy (non-hydrogen) atoms. The average molecular weight is 1370 g/mol. The Labute approximate surface area is 571 Å². The van der Waals surface area contributed by atoms with Crippen molar-refractivity contribution in [2.24, 2.45) is 23.7 Å². The van der Waals surface area contributed by atoms with Gasteiger partial charge < -0.3 is 60.0 Å². The van der Waals surface area contributed by atoms with Crippen LogP contribution >= 0.6 is 0 Å². The third kappa shape index (κ3) is 21.3. The number of amides is 12. The maximum absolute atomic E-state index is 14.9. The number of likely N-dealkylation sites (tertiary alicyclic amines) is 1. The van der Waals surface area contributed by atoms with Gasteiger partial charge in [-0.05, 0) is 131 Å². The van der Waals surface area contributed by atoms with Gasteiger partial charge in [-0.3, -0.25) is 57.5 Å². The minimum atomic E-state index is -4.60. The Bertz CT molecular complexity index is 2970. The Balaban J connectivity index is 1.32. The van der Waals surface area contributed by atoms with Crippen molar-refractivity contribution in [3.05, 3.63) is 34.9 Å². The Morgan fingerprint density at radius 3 is 1.82 bits per heavy atom. The number of nitrogens with zero attached hydrogens (tertiary/aromatic N) is 9. The van der Waals surface area contributed by atoms with Crippen molar-refractivity contribution in [1.29, 1.82) is 0 Å². The lowest BCUT2D eigenvalue weighted by molar-refractivity contribution is -0.154. The van der Waals surface area contributed by atoms with Gasteiger partial charge in [-0.25, -0.2) is 0 Å². The van der Waals surface area contributed by atoms with E-state index in [0.29, 0.717) is 44.3 Å². The van der Waals surface area contributed by atoms with Gasteiger partial charge in [0.2, 0.25) is 70.9 Å². The zero-order valence-electron chi connectivity index (χ0n) is 59.4. The fourth-order valence-corrected chi connectivity index (χ4v) is 14.2. The van der Waals surface area contributed by atoms with Gasteiger partial charge in [0.1, 0.15) is 42.3 Å². The molecule has 2 saturated carbocycles. The molecule has 542 valence electrons. The van der Waals surface area contributed by atoms with Crippen molar-refractivity contribution in [1.82, 2.24) is 60.0 Å². The summed E-state index contributed by atoms with van der Waals surface area (Å²) in [5, 5.41) is 8.61. The van der Waals surface area contributed by atoms with Gasteiger partial charge in [-0.15, -0.1) is 0 Å². The molecule has 24 nitrogen and oxygen atoms in total. The van der Waals surface area contributed by atoms with E-state index in [-0.39, 0.29) is 81.4 Å². The van der Waals surface area contributed by atoms with Crippen LogP contribution in [0.1, 0.15) is 173 Å². The van der Waals surface area contributed by atoms with Crippen LogP contribution in [0.25, 0.3) is 0 Å². The van der Waals surface area contributed by atoms with Crippen molar-refractivity contribution in [2.45, 2.75) is 218 Å². The van der Waals surface area contributed by atoms with Gasteiger partial charge in [0.05, 0.1) is 31.6 Å². The largest absolute Gasteiger partial charge is 0.416 e. The first-order chi connectivity index (χ1) is 45.7. The second-order valence-corrected chi connectivity index (χ2v) is 28.7. The zero-order chi connectivity index (χ0) is 71.7. The van der Waals surface area contributed by atoms with E-state index in [9.17, 15) is 70.7 Å². The highest BCUT2D eigenvalue weighted by molar-refractivity contribution is 5.98. The van der Waals surface area contributed by atoms with Crippen molar-refractivity contribution < 1.29 is 70.7 Å². The first-order valence-electron chi connectivity index (χ1n) is 35.1. The molecule has 0 aromatic heterocycles. The summed E-state index contributed by atoms with van der Waals surface area (Å²) in [7, 11) is 10.1. The van der Waals surface area contributed by atoms with Crippen LogP contribution in [0.2, 0.25) is 0 Å². The predicted molar refractivity (Wildman–Crippen MR) is 357 cm³/mol. The highest BCUT2D eigenvalue weighted by Gasteiger charge is 2.44. The number of halogens is 3. The number of nitrogens with one attached hydrogen (secondary N) is 3. The minimum absolute atomic E-state index is 0.0328. The van der Waals surface area contributed by atoms with Gasteiger partial charge in [-0.2, -0.15) is 13.2 Å². The van der Waals surface area contributed by atoms with Crippen LogP contribution < -0.4 is 16.0 Å². The Hall–Kier alpha value is -7.35. The number of alkyl halides is 3. The smallest absolute Gasteiger partial charge is 0.354 e. The summed E-state index contributed by atoms with van der Waals surface area (Å²) in [6.45, 7) is 8.10. The molecule has 1 aromatic carbocycles. The normalized spacial score (nSPS) is 26.0. The molecular weight excluding hydrogens is 1260 g/mol. The molecule has 3 saturated heterocycles. The highest BCUT2D eigenvalue weighted by Crippen LogP contribution is 2.34. The number of fused-ring (bicyclic) bond motifs is 1. The zero-order valence-corrected chi connectivity index (χ0v) is 59.4. The third-order valence-corrected chi connectivity index (χ3v) is 20.5. The van der Waals surface area contributed by atoms with Crippen LogP contribution in [-0.4, -0.2) is 252 Å². The van der Waals surface area contributed by atoms with E-state index in [0.717, 1.165) is 73.7 Å². The minimum Gasteiger partial charge on any atom is -0.354 e. The summed E-state index contributed by atoms with van der Waals surface area (Å²) < 4.78 is 41.4. The maximum atomic E-state index is 14.9. The van der Waals surface area contributed by atoms with Crippen molar-refractivity contribution >= 4 is 70.9 Å². The van der Waals surface area contributed by atoms with Gasteiger partial charge in [-0.1, -0.05) is 78.4 Å². The van der Waals surface area contributed by atoms with Gasteiger partial charge >= 0.3 is 6.18 Å². The average Bonchev–Trinajstić information content (AvgIpc) is 1.21. The van der Waals surface area contributed by atoms with E-state index >= 15 is 0 Å². The monoisotopic (exact) mass is 1370 g/mol. The van der Waals surface area contributed by atoms with E-state index in [1.54, 1.807) is 18.7 Å². The lowest BCUT2D eigenvalue weighted by Gasteiger charge is -2.39. The van der Waals surface area contributed by atoms with Gasteiger partial charge in [0.25, 0.3) is 0 Å². The van der Waals surface area contributed by atoms with E-state index in [1.165, 1.54) is 97.8 Å². The second kappa shape index (κ2) is 35.9. The number of likely N-dealkylation sites (N-methyl/N-ethyl adjacent to an activating group) is 7. The van der Waals surface area contributed by atoms with Crippen LogP contribution in [0.4, 0.5) is 13.2 Å². The fraction of sp³-hybridized carbons (Fsp3) is 0.743. The molecule has 0 bridgehead atoms. The lowest BCUT2D eigenvalue weighted by atomic mass is 9.79. The molecule has 3 N–H and O–H groups in total. The molecule has 5 aliphatic rings. The molecule has 0 spiro atoms. The number of hydrogen-bond donors (Lipinski definition) is 3. The fourth-order valence-electron chi connectivity index (χ4n) is 14.2. The standard InChI is InChI=1S/C70H109F3N12O12/c1-44(2)37-53-64(92)76-61(49-25-21-26-49)68(96)79(8)42-59(89)77(6)43-60(90)81(10)54(39-47-23-15-13-16-24-47)66(94)78(7)41-56(86)75-51(32-30-48-29-31-50(46(5)38-48)70(71,72)73)65(93)85-36-22-27-52(85)63(91)74-33-18-17-28-57(87)83(12)62(45(3)4)69(97)82(11)55(40-58(88)80(53)9)67(95)84-34-19-14-20-35-84/h29,31,38,44-45,47,49,51-55,61-62H,13-28,30,32-37,39-43H2,1-12H3,(H,74,91)(H,75,86)(H,76,92)/t51-,52-,53-,54-,55-,61-,62-/m0/s1. The van der Waals surface area contributed by atoms with Crippen LogP contribution in [0.15, 0.2) is 18.2 Å². The van der Waals surface area contributed by atoms with E-state index in [1.807, 2.05) is 13.8 Å². The Kier molecular flexibility index (Phi) is 29.1. The summed E-state index contributed by atoms with van der Waals surface area (Å²) in [6.07, 6.45) is 5.23. The van der Waals surface area contributed by atoms with Crippen molar-refractivity contribution in [3.63, 3.8) is 0 Å². The number of carbonyl (C=O) groups is 12. The molecule has 1 aromatic rings. The highest BCUT2D eigenvalue weighted by atomic mass is 19.4. The number of rotatable bonds is 10. The third-order valence-electron chi connectivity index (χ3n) is 20.5. The molecule has 6 rings (SSSR count). The molecular formula is C70H109F3N12O12. The van der Waals surface area contributed by atoms with E-state index < -0.39 is 157 Å². The SMILES string of the molecule is Cc1cc(CC[C@@H]2NC(=O)CN(C)C(=O)[C@H](CC3CCCCC3)N(C)C(=O)CN(C)C(=O)CN(C)C(=O)[C@H](C3CCC3)NC(=O)[C@H](CC(C)C)N(C)C(=O)C[C@@H](C(=O)N3CCCCC3)N(C)C(=O)[C@H](C(C)C)N(C)C(=O)CCCCNC(=O)[C@@H]3CCCN3C2=O)ccc1C(F)(F)F. The van der Waals surface area contributed by atoms with E-state index in [4.69, 9.17) is 0 Å². The summed E-state index contributed by atoms with van der Waals surface area (Å²) >= 11 is 0. The summed E-state index contributed by atoms with van der Waals surface area (Å²) in [4.78, 5) is 186. The number of aryl methyl sites for hydroxylation is 2. The summed E-state index contributed by atoms with van der Waals surface area (Å²) in [5.41, 5.74) is -0.400. The van der Waals surface area contributed by atoms with Crippen molar-refractivity contribution in [2.75, 3.05) is 95.1 Å². The molecule has 0 radical (unpaired) electrons. The van der Waals surface area contributed by atoms with Crippen molar-refractivity contribution in [3.8, 4) is 0 Å². The number of carbonyl (C=O) groups excluding carboxylic acids is 12. The molecule has 12 amide bonds. The topological polar surface area (TPSA) is 270 Å². The van der Waals surface area contributed by atoms with Crippen LogP contribution in [0.5, 0.6) is 0 Å². The first-order valence-corrected chi connectivity index (χ1v) is 35.1. The quantitative estimate of drug-likeness (QED) is 0.286.